The number of methoxy groups -OCH3 is 2. The molecule has 0 saturated carbocycles. The Morgan fingerprint density at radius 1 is 1.17 bits per heavy atom. The highest BCUT2D eigenvalue weighted by Gasteiger charge is 2.68. The molecule has 1 aliphatic carbocycles. The summed E-state index contributed by atoms with van der Waals surface area (Å²) in [7, 11) is 3.19. The second-order valence-electron chi connectivity index (χ2n) is 10.3. The number of allylic oxidation sites excluding steroid dienone is 2. The molecule has 4 aliphatic rings. The van der Waals surface area contributed by atoms with Gasteiger partial charge in [-0.1, -0.05) is 24.3 Å². The van der Waals surface area contributed by atoms with Gasteiger partial charge < -0.3 is 19.3 Å². The third-order valence-corrected chi connectivity index (χ3v) is 9.02. The Hall–Kier alpha value is -3.38. The van der Waals surface area contributed by atoms with Gasteiger partial charge in [0.1, 0.15) is 25.4 Å². The third-order valence-electron chi connectivity index (χ3n) is 9.02. The molecule has 1 N–H and O–H groups in total. The maximum absolute atomic E-state index is 13.8. The zero-order valence-electron chi connectivity index (χ0n) is 20.5. The quantitative estimate of drug-likeness (QED) is 0.295. The van der Waals surface area contributed by atoms with Crippen LogP contribution in [0.1, 0.15) is 35.7 Å². The van der Waals surface area contributed by atoms with E-state index in [0.717, 1.165) is 53.7 Å². The number of quaternary nitrogens is 1. The maximum atomic E-state index is 13.8. The number of anilines is 1. The van der Waals surface area contributed by atoms with Crippen LogP contribution in [0.2, 0.25) is 0 Å². The number of para-hydroxylation sites is 1. The summed E-state index contributed by atoms with van der Waals surface area (Å²) >= 11 is 0. The average molecular weight is 472 g/mol. The van der Waals surface area contributed by atoms with Crippen molar-refractivity contribution in [2.75, 3.05) is 39.2 Å². The van der Waals surface area contributed by atoms with Crippen LogP contribution in [0.5, 0.6) is 11.5 Å². The lowest BCUT2D eigenvalue weighted by Crippen LogP contribution is -2.64. The number of piperidine rings is 1. The van der Waals surface area contributed by atoms with Gasteiger partial charge in [-0.25, -0.2) is 0 Å². The predicted molar refractivity (Wildman–Crippen MR) is 134 cm³/mol. The lowest BCUT2D eigenvalue weighted by molar-refractivity contribution is -0.934. The molecule has 2 aromatic rings. The summed E-state index contributed by atoms with van der Waals surface area (Å²) in [6, 6.07) is 14.1. The molecule has 6 heteroatoms. The number of fused-ring (bicyclic) bond motifs is 2. The Bertz CT molecular complexity index is 1310. The molecule has 35 heavy (non-hydrogen) atoms. The predicted octanol–water partition coefficient (Wildman–Crippen LogP) is 4.27. The maximum Gasteiger partial charge on any atom is 0.217 e. The Balaban J connectivity index is 1.46. The van der Waals surface area contributed by atoms with Gasteiger partial charge in [-0.2, -0.15) is 0 Å². The molecule has 2 saturated heterocycles. The van der Waals surface area contributed by atoms with Gasteiger partial charge in [-0.3, -0.25) is 9.59 Å². The first-order chi connectivity index (χ1) is 17.0. The zero-order chi connectivity index (χ0) is 24.4. The first-order valence-electron chi connectivity index (χ1n) is 12.3. The van der Waals surface area contributed by atoms with Crippen molar-refractivity contribution in [1.29, 1.82) is 0 Å². The molecule has 3 aliphatic heterocycles. The van der Waals surface area contributed by atoms with Gasteiger partial charge in [-0.15, -0.1) is 0 Å². The monoisotopic (exact) mass is 471 g/mol. The van der Waals surface area contributed by atoms with Gasteiger partial charge in [-0.05, 0) is 42.3 Å². The molecule has 1 spiro atoms. The summed E-state index contributed by atoms with van der Waals surface area (Å²) in [4.78, 5) is 26.2. The first kappa shape index (κ1) is 22.1. The lowest BCUT2D eigenvalue weighted by Gasteiger charge is -2.53. The standard InChI is InChI=1S/C29H30N2O4/c1-4-18-15-31(16-24(33)19-9-10-25(34-2)26(13-19)35-3)12-11-29-22-7-5-6-8-23(22)30-28(29)21(17-32)20(18)14-27(29)31/h4-10,13,17,20,27H,11-12,14-16H2,1-3H3/p+1/b18-4-/t20-,27+,29+,31?/m0/s1. The number of ketones is 1. The van der Waals surface area contributed by atoms with Crippen LogP contribution in [0.3, 0.4) is 0 Å². The minimum Gasteiger partial charge on any atom is -0.493 e. The number of ether oxygens (including phenoxy) is 2. The molecule has 6 nitrogen and oxygen atoms in total. The minimum absolute atomic E-state index is 0.114. The van der Waals surface area contributed by atoms with E-state index in [1.54, 1.807) is 26.4 Å². The molecule has 0 radical (unpaired) electrons. The van der Waals surface area contributed by atoms with E-state index in [1.807, 2.05) is 12.1 Å². The highest BCUT2D eigenvalue weighted by molar-refractivity contribution is 5.97. The van der Waals surface area contributed by atoms with Crippen molar-refractivity contribution in [1.82, 2.24) is 0 Å². The van der Waals surface area contributed by atoms with Crippen LogP contribution in [-0.2, 0) is 10.2 Å². The van der Waals surface area contributed by atoms with E-state index >= 15 is 0 Å². The lowest BCUT2D eigenvalue weighted by atomic mass is 9.61. The largest absolute Gasteiger partial charge is 0.493 e. The van der Waals surface area contributed by atoms with Gasteiger partial charge in [0.2, 0.25) is 5.78 Å². The van der Waals surface area contributed by atoms with Gasteiger partial charge in [0.05, 0.1) is 26.2 Å². The molecule has 2 bridgehead atoms. The van der Waals surface area contributed by atoms with Gasteiger partial charge >= 0.3 is 0 Å². The number of nitrogens with zero attached hydrogens (tertiary/aromatic N) is 1. The summed E-state index contributed by atoms with van der Waals surface area (Å²) in [6.07, 6.45) is 5.07. The van der Waals surface area contributed by atoms with Crippen LogP contribution in [0.25, 0.3) is 0 Å². The number of hydrogen-bond acceptors (Lipinski definition) is 5. The van der Waals surface area contributed by atoms with E-state index in [0.29, 0.717) is 23.6 Å². The Labute approximate surface area is 205 Å². The van der Waals surface area contributed by atoms with Crippen molar-refractivity contribution >= 4 is 17.8 Å². The first-order valence-corrected chi connectivity index (χ1v) is 12.3. The topological polar surface area (TPSA) is 64.6 Å². The number of hydrogen-bond donors (Lipinski definition) is 1. The van der Waals surface area contributed by atoms with Crippen LogP contribution in [0.4, 0.5) is 5.69 Å². The van der Waals surface area contributed by atoms with Crippen molar-refractivity contribution in [2.45, 2.75) is 31.2 Å². The average Bonchev–Trinajstić information content (AvgIpc) is 3.42. The van der Waals surface area contributed by atoms with Gasteiger partial charge in [0.15, 0.2) is 11.5 Å². The second kappa shape index (κ2) is 7.82. The van der Waals surface area contributed by atoms with E-state index < -0.39 is 0 Å². The van der Waals surface area contributed by atoms with Crippen molar-refractivity contribution in [3.63, 3.8) is 0 Å². The van der Waals surface area contributed by atoms with Crippen LogP contribution in [0, 0.1) is 5.92 Å². The smallest absolute Gasteiger partial charge is 0.217 e. The molecule has 180 valence electrons. The molecule has 2 fully saturated rings. The molecule has 0 amide bonds. The van der Waals surface area contributed by atoms with E-state index in [9.17, 15) is 9.59 Å². The van der Waals surface area contributed by atoms with E-state index in [2.05, 4.69) is 36.5 Å². The SMILES string of the molecule is C/C=C1/C[N+]2(CC(=O)c3ccc(OC)c(OC)c3)CC[C@]34C(=C(C=O)[C@H]1C[C@H]32)Nc1ccccc14. The number of nitrogens with one attached hydrogen (secondary N) is 1. The van der Waals surface area contributed by atoms with Gasteiger partial charge in [0.25, 0.3) is 0 Å². The van der Waals surface area contributed by atoms with Gasteiger partial charge in [0, 0.05) is 41.3 Å². The van der Waals surface area contributed by atoms with Crippen molar-refractivity contribution in [2.24, 2.45) is 5.92 Å². The van der Waals surface area contributed by atoms with Crippen LogP contribution in [0.15, 0.2) is 65.4 Å². The molecule has 1 unspecified atom stereocenters. The fourth-order valence-corrected chi connectivity index (χ4v) is 7.52. The van der Waals surface area contributed by atoms with Crippen LogP contribution < -0.4 is 14.8 Å². The molecular weight excluding hydrogens is 440 g/mol. The van der Waals surface area contributed by atoms with Crippen molar-refractivity contribution < 1.29 is 23.5 Å². The molecule has 6 rings (SSSR count). The summed E-state index contributed by atoms with van der Waals surface area (Å²) in [5, 5.41) is 3.65. The molecular formula is C29H31N2O4+. The zero-order valence-corrected chi connectivity index (χ0v) is 20.5. The molecule has 2 aromatic carbocycles. The fourth-order valence-electron chi connectivity index (χ4n) is 7.52. The Morgan fingerprint density at radius 2 is 1.97 bits per heavy atom. The Morgan fingerprint density at radius 3 is 2.71 bits per heavy atom. The van der Waals surface area contributed by atoms with Crippen molar-refractivity contribution in [3.8, 4) is 11.5 Å². The molecule has 0 aromatic heterocycles. The number of benzene rings is 2. The summed E-state index contributed by atoms with van der Waals surface area (Å²) in [5.74, 6) is 1.41. The number of carbonyl (C=O) groups is 2. The highest BCUT2D eigenvalue weighted by Crippen LogP contribution is 2.63. The second-order valence-corrected chi connectivity index (χ2v) is 10.3. The minimum atomic E-state index is -0.236. The molecule has 3 heterocycles. The van der Waals surface area contributed by atoms with E-state index in [1.165, 1.54) is 11.1 Å². The number of rotatable bonds is 6. The Kier molecular flexibility index (Phi) is 4.94. The van der Waals surface area contributed by atoms with E-state index in [4.69, 9.17) is 9.47 Å². The number of carbonyl (C=O) groups excluding carboxylic acids is 2. The summed E-state index contributed by atoms with van der Waals surface area (Å²) in [5.41, 5.74) is 6.03. The summed E-state index contributed by atoms with van der Waals surface area (Å²) in [6.45, 7) is 4.20. The van der Waals surface area contributed by atoms with Crippen molar-refractivity contribution in [3.05, 3.63) is 76.5 Å². The normalized spacial score (nSPS) is 31.0. The van der Waals surface area contributed by atoms with Crippen LogP contribution >= 0.6 is 0 Å². The number of Topliss-reactive ketones (excluding diaryl/α,β-unsaturated/α-hetero) is 1. The van der Waals surface area contributed by atoms with Crippen LogP contribution in [-0.4, -0.2) is 56.4 Å². The van der Waals surface area contributed by atoms with E-state index in [-0.39, 0.29) is 23.2 Å². The summed E-state index contributed by atoms with van der Waals surface area (Å²) < 4.78 is 11.6. The highest BCUT2D eigenvalue weighted by atomic mass is 16.5. The molecule has 4 atom stereocenters. The third kappa shape index (κ3) is 2.86. The fraction of sp³-hybridized carbons (Fsp3) is 0.379. The number of aldehydes is 1.